The molecule has 1 aliphatic rings. The van der Waals surface area contributed by atoms with Gasteiger partial charge in [0.25, 0.3) is 0 Å². The third-order valence-electron chi connectivity index (χ3n) is 3.80. The number of ether oxygens (including phenoxy) is 4. The second kappa shape index (κ2) is 9.91. The summed E-state index contributed by atoms with van der Waals surface area (Å²) in [6.45, 7) is 3.28. The molecule has 1 fully saturated rings. The molecule has 164 valence electrons. The molecule has 0 amide bonds. The molecule has 0 spiro atoms. The van der Waals surface area contributed by atoms with E-state index in [1.807, 2.05) is 0 Å². The molecule has 0 saturated carbocycles. The molecule has 30 heavy (non-hydrogen) atoms. The van der Waals surface area contributed by atoms with Crippen molar-refractivity contribution in [3.8, 4) is 0 Å². The van der Waals surface area contributed by atoms with Crippen molar-refractivity contribution in [2.75, 3.05) is 20.7 Å². The number of aldehydes is 1. The van der Waals surface area contributed by atoms with Crippen LogP contribution in [0.4, 0.5) is 5.82 Å². The molecule has 13 heteroatoms. The van der Waals surface area contributed by atoms with Gasteiger partial charge in [-0.1, -0.05) is 5.21 Å². The molecule has 1 aliphatic heterocycles. The quantitative estimate of drug-likeness (QED) is 0.176. The van der Waals surface area contributed by atoms with Gasteiger partial charge in [-0.25, -0.2) is 4.99 Å². The maximum Gasteiger partial charge on any atom is 0.303 e. The maximum absolute atomic E-state index is 11.7. The first-order valence-electron chi connectivity index (χ1n) is 8.88. The van der Waals surface area contributed by atoms with Crippen LogP contribution in [0.25, 0.3) is 0 Å². The Labute approximate surface area is 171 Å². The van der Waals surface area contributed by atoms with Crippen LogP contribution < -0.4 is 0 Å². The van der Waals surface area contributed by atoms with E-state index in [0.29, 0.717) is 6.29 Å². The summed E-state index contributed by atoms with van der Waals surface area (Å²) in [7, 11) is 3.44. The van der Waals surface area contributed by atoms with Gasteiger partial charge < -0.3 is 23.8 Å². The maximum atomic E-state index is 11.7. The van der Waals surface area contributed by atoms with Crippen LogP contribution in [0.15, 0.2) is 4.99 Å². The minimum Gasteiger partial charge on any atom is -0.463 e. The zero-order valence-electron chi connectivity index (χ0n) is 17.2. The smallest absolute Gasteiger partial charge is 0.303 e. The first-order chi connectivity index (χ1) is 14.1. The van der Waals surface area contributed by atoms with E-state index in [1.54, 1.807) is 19.0 Å². The van der Waals surface area contributed by atoms with Gasteiger partial charge >= 0.3 is 17.9 Å². The van der Waals surface area contributed by atoms with Crippen molar-refractivity contribution in [2.45, 2.75) is 45.3 Å². The Bertz CT molecular complexity index is 836. The highest BCUT2D eigenvalue weighted by atomic mass is 16.7. The van der Waals surface area contributed by atoms with Gasteiger partial charge in [0.15, 0.2) is 36.2 Å². The van der Waals surface area contributed by atoms with Crippen LogP contribution in [0.1, 0.15) is 37.5 Å². The Morgan fingerprint density at radius 3 is 2.30 bits per heavy atom. The first-order valence-corrected chi connectivity index (χ1v) is 8.88. The summed E-state index contributed by atoms with van der Waals surface area (Å²) in [5, 5.41) is 7.64. The van der Waals surface area contributed by atoms with Gasteiger partial charge in [0.2, 0.25) is 0 Å². The largest absolute Gasteiger partial charge is 0.463 e. The highest BCUT2D eigenvalue weighted by Crippen LogP contribution is 2.36. The van der Waals surface area contributed by atoms with Gasteiger partial charge in [-0.05, 0) is 0 Å². The molecule has 2 rings (SSSR count). The van der Waals surface area contributed by atoms with E-state index in [9.17, 15) is 19.2 Å². The second-order valence-corrected chi connectivity index (χ2v) is 6.58. The third kappa shape index (κ3) is 5.59. The van der Waals surface area contributed by atoms with Gasteiger partial charge in [-0.15, -0.1) is 5.10 Å². The molecule has 0 N–H and O–H groups in total. The Balaban J connectivity index is 2.49. The minimum absolute atomic E-state index is 0.0376. The predicted molar refractivity (Wildman–Crippen MR) is 98.9 cm³/mol. The van der Waals surface area contributed by atoms with Gasteiger partial charge in [0.1, 0.15) is 12.7 Å². The van der Waals surface area contributed by atoms with Gasteiger partial charge in [-0.2, -0.15) is 4.68 Å². The van der Waals surface area contributed by atoms with E-state index in [0.717, 1.165) is 4.68 Å². The average Bonchev–Trinajstić information content (AvgIpc) is 3.19. The number of aromatic nitrogens is 3. The summed E-state index contributed by atoms with van der Waals surface area (Å²) in [6, 6.07) is 0. The molecule has 0 unspecified atom stereocenters. The van der Waals surface area contributed by atoms with Crippen molar-refractivity contribution >= 4 is 36.4 Å². The standard InChI is InChI=1S/C17H23N5O8/c1-9(24)27-7-13-14(28-10(2)25)15(29-11(3)26)17(30-13)22-16(18-8-21(4)5)12(6-23)19-20-22/h6,8,13-15,17H,7H2,1-5H3/t13-,14-,15-,17-/m1/s1. The molecule has 0 radical (unpaired) electrons. The van der Waals surface area contributed by atoms with E-state index >= 15 is 0 Å². The number of nitrogens with zero attached hydrogens (tertiary/aromatic N) is 5. The summed E-state index contributed by atoms with van der Waals surface area (Å²) >= 11 is 0. The fraction of sp³-hybridized carbons (Fsp3) is 0.588. The minimum atomic E-state index is -1.17. The van der Waals surface area contributed by atoms with Crippen molar-refractivity contribution in [1.29, 1.82) is 0 Å². The number of hydrogen-bond donors (Lipinski definition) is 0. The Morgan fingerprint density at radius 1 is 1.13 bits per heavy atom. The lowest BCUT2D eigenvalue weighted by Gasteiger charge is -2.23. The zero-order chi connectivity index (χ0) is 22.4. The average molecular weight is 425 g/mol. The zero-order valence-corrected chi connectivity index (χ0v) is 17.2. The predicted octanol–water partition coefficient (Wildman–Crippen LogP) is -0.364. The molecule has 1 aromatic rings. The van der Waals surface area contributed by atoms with Crippen molar-refractivity contribution in [1.82, 2.24) is 19.9 Å². The Kier molecular flexibility index (Phi) is 7.58. The molecule has 4 atom stereocenters. The first kappa shape index (κ1) is 22.9. The lowest BCUT2D eigenvalue weighted by atomic mass is 10.1. The second-order valence-electron chi connectivity index (χ2n) is 6.58. The number of carbonyl (C=O) groups excluding carboxylic acids is 4. The number of esters is 3. The lowest BCUT2D eigenvalue weighted by molar-refractivity contribution is -0.166. The van der Waals surface area contributed by atoms with Crippen LogP contribution in [0.5, 0.6) is 0 Å². The van der Waals surface area contributed by atoms with E-state index in [-0.39, 0.29) is 18.1 Å². The number of hydrogen-bond acceptors (Lipinski definition) is 11. The van der Waals surface area contributed by atoms with E-state index in [2.05, 4.69) is 15.3 Å². The topological polar surface area (TPSA) is 152 Å². The molecule has 0 aromatic carbocycles. The highest BCUT2D eigenvalue weighted by Gasteiger charge is 2.51. The highest BCUT2D eigenvalue weighted by molar-refractivity contribution is 5.80. The monoisotopic (exact) mass is 425 g/mol. The van der Waals surface area contributed by atoms with Crippen LogP contribution in [0, 0.1) is 0 Å². The number of rotatable bonds is 8. The van der Waals surface area contributed by atoms with Gasteiger partial charge in [-0.3, -0.25) is 19.2 Å². The Hall–Kier alpha value is -3.35. The van der Waals surface area contributed by atoms with E-state index < -0.39 is 42.4 Å². The van der Waals surface area contributed by atoms with Crippen molar-refractivity contribution in [3.05, 3.63) is 5.69 Å². The summed E-state index contributed by atoms with van der Waals surface area (Å²) in [5.41, 5.74) is -0.0780. The molecule has 13 nitrogen and oxygen atoms in total. The molecule has 1 saturated heterocycles. The van der Waals surface area contributed by atoms with Crippen molar-refractivity contribution in [2.24, 2.45) is 4.99 Å². The molecular formula is C17H23N5O8. The summed E-state index contributed by atoms with van der Waals surface area (Å²) in [4.78, 5) is 51.7. The lowest BCUT2D eigenvalue weighted by Crippen LogP contribution is -2.40. The number of carbonyl (C=O) groups is 4. The van der Waals surface area contributed by atoms with Gasteiger partial charge in [0, 0.05) is 34.9 Å². The number of aliphatic imine (C=N–C) groups is 1. The molecule has 2 heterocycles. The van der Waals surface area contributed by atoms with Crippen LogP contribution in [0.3, 0.4) is 0 Å². The van der Waals surface area contributed by atoms with Crippen LogP contribution >= 0.6 is 0 Å². The van der Waals surface area contributed by atoms with E-state index in [1.165, 1.54) is 27.1 Å². The molecule has 0 aliphatic carbocycles. The molecular weight excluding hydrogens is 402 g/mol. The summed E-state index contributed by atoms with van der Waals surface area (Å²) < 4.78 is 22.6. The van der Waals surface area contributed by atoms with Crippen molar-refractivity contribution in [3.63, 3.8) is 0 Å². The fourth-order valence-electron chi connectivity index (χ4n) is 2.73. The molecule has 1 aromatic heterocycles. The summed E-state index contributed by atoms with van der Waals surface area (Å²) in [6.07, 6.45) is -2.53. The third-order valence-corrected chi connectivity index (χ3v) is 3.80. The SMILES string of the molecule is CC(=O)OC[C@H]1O[C@@H](n2nnc(C=O)c2N=CN(C)C)[C@H](OC(C)=O)[C@@H]1OC(C)=O. The van der Waals surface area contributed by atoms with Crippen molar-refractivity contribution < 1.29 is 38.1 Å². The van der Waals surface area contributed by atoms with E-state index in [4.69, 9.17) is 18.9 Å². The van der Waals surface area contributed by atoms with Gasteiger partial charge in [0.05, 0.1) is 6.34 Å². The van der Waals surface area contributed by atoms with Crippen LogP contribution in [-0.2, 0) is 33.3 Å². The van der Waals surface area contributed by atoms with Crippen LogP contribution in [-0.4, -0.2) is 89.4 Å². The Morgan fingerprint density at radius 2 is 1.77 bits per heavy atom. The fourth-order valence-corrected chi connectivity index (χ4v) is 2.73. The normalized spacial score (nSPS) is 23.2. The van der Waals surface area contributed by atoms with Crippen LogP contribution in [0.2, 0.25) is 0 Å². The summed E-state index contributed by atoms with van der Waals surface area (Å²) in [5.74, 6) is -1.87. The molecule has 0 bridgehead atoms.